The average molecular weight is 285 g/mol. The number of hydrogen-bond donors (Lipinski definition) is 0. The van der Waals surface area contributed by atoms with Gasteiger partial charge in [-0.15, -0.1) is 0 Å². The highest BCUT2D eigenvalue weighted by molar-refractivity contribution is 5.87. The molecule has 4 heteroatoms. The van der Waals surface area contributed by atoms with Gasteiger partial charge in [-0.2, -0.15) is 0 Å². The molecule has 0 saturated heterocycles. The molecule has 0 bridgehead atoms. The molecule has 2 rings (SSSR count). The number of methoxy groups -OCH3 is 1. The second-order valence-corrected chi connectivity index (χ2v) is 4.63. The average Bonchev–Trinajstić information content (AvgIpc) is 2.54. The van der Waals surface area contributed by atoms with Crippen LogP contribution in [0.25, 0.3) is 11.3 Å². The molecular weight excluding hydrogens is 266 g/mol. The molecule has 0 saturated carbocycles. The Balaban J connectivity index is 2.26. The topological polar surface area (TPSA) is 48.4 Å². The van der Waals surface area contributed by atoms with Crippen molar-refractivity contribution in [3.8, 4) is 11.3 Å². The first kappa shape index (κ1) is 15.2. The van der Waals surface area contributed by atoms with E-state index in [0.29, 0.717) is 12.3 Å². The minimum atomic E-state index is -0.399. The molecular formula is C17H19NO3. The van der Waals surface area contributed by atoms with Gasteiger partial charge in [-0.3, -0.25) is 0 Å². The number of carbonyl (C=O) groups is 1. The minimum absolute atomic E-state index is 0.0536. The predicted molar refractivity (Wildman–Crippen MR) is 81.1 cm³/mol. The van der Waals surface area contributed by atoms with Gasteiger partial charge in [0, 0.05) is 12.7 Å². The fraction of sp³-hybridized carbons (Fsp3) is 0.294. The Labute approximate surface area is 124 Å². The Bertz CT molecular complexity index is 608. The third-order valence-electron chi connectivity index (χ3n) is 3.26. The van der Waals surface area contributed by atoms with Gasteiger partial charge in [0.2, 0.25) is 0 Å². The largest absolute Gasteiger partial charge is 0.461 e. The first-order valence-electron chi connectivity index (χ1n) is 6.93. The fourth-order valence-corrected chi connectivity index (χ4v) is 1.98. The SMILES string of the molecule is CCOC(=O)c1cccc(-c2ccc(C(C)OC)cc2)n1. The van der Waals surface area contributed by atoms with Crippen LogP contribution in [0.2, 0.25) is 0 Å². The molecule has 4 nitrogen and oxygen atoms in total. The number of aromatic nitrogens is 1. The molecule has 0 aliphatic heterocycles. The highest BCUT2D eigenvalue weighted by atomic mass is 16.5. The lowest BCUT2D eigenvalue weighted by Crippen LogP contribution is -2.07. The first-order valence-corrected chi connectivity index (χ1v) is 6.93. The molecule has 2 aromatic rings. The van der Waals surface area contributed by atoms with Gasteiger partial charge in [0.1, 0.15) is 5.69 Å². The molecule has 1 unspecified atom stereocenters. The fourth-order valence-electron chi connectivity index (χ4n) is 1.98. The summed E-state index contributed by atoms with van der Waals surface area (Å²) in [7, 11) is 1.68. The number of pyridine rings is 1. The Kier molecular flexibility index (Phi) is 5.06. The number of carbonyl (C=O) groups excluding carboxylic acids is 1. The number of esters is 1. The van der Waals surface area contributed by atoms with Crippen LogP contribution in [0.15, 0.2) is 42.5 Å². The van der Waals surface area contributed by atoms with Crippen molar-refractivity contribution in [1.82, 2.24) is 4.98 Å². The summed E-state index contributed by atoms with van der Waals surface area (Å²) in [6.45, 7) is 4.11. The molecule has 0 spiro atoms. The van der Waals surface area contributed by atoms with Crippen LogP contribution in [-0.4, -0.2) is 24.7 Å². The van der Waals surface area contributed by atoms with Crippen molar-refractivity contribution < 1.29 is 14.3 Å². The van der Waals surface area contributed by atoms with Crippen molar-refractivity contribution in [3.63, 3.8) is 0 Å². The molecule has 110 valence electrons. The predicted octanol–water partition coefficient (Wildman–Crippen LogP) is 3.63. The highest BCUT2D eigenvalue weighted by Crippen LogP contribution is 2.22. The van der Waals surface area contributed by atoms with E-state index in [4.69, 9.17) is 9.47 Å². The summed E-state index contributed by atoms with van der Waals surface area (Å²) in [5, 5.41) is 0. The van der Waals surface area contributed by atoms with Gasteiger partial charge >= 0.3 is 5.97 Å². The molecule has 1 aromatic heterocycles. The molecule has 1 heterocycles. The van der Waals surface area contributed by atoms with Gasteiger partial charge in [-0.1, -0.05) is 30.3 Å². The third kappa shape index (κ3) is 3.67. The molecule has 0 N–H and O–H groups in total. The standard InChI is InChI=1S/C17H19NO3/c1-4-21-17(19)16-7-5-6-15(18-16)14-10-8-13(9-11-14)12(2)20-3/h5-12H,4H2,1-3H3. The molecule has 1 atom stereocenters. The van der Waals surface area contributed by atoms with Crippen LogP contribution in [-0.2, 0) is 9.47 Å². The molecule has 0 fully saturated rings. The zero-order chi connectivity index (χ0) is 15.2. The Hall–Kier alpha value is -2.20. The summed E-state index contributed by atoms with van der Waals surface area (Å²) in [6, 6.07) is 13.3. The maximum Gasteiger partial charge on any atom is 0.356 e. The van der Waals surface area contributed by atoms with Crippen molar-refractivity contribution >= 4 is 5.97 Å². The molecule has 0 aliphatic carbocycles. The number of rotatable bonds is 5. The van der Waals surface area contributed by atoms with Gasteiger partial charge in [0.05, 0.1) is 18.4 Å². The van der Waals surface area contributed by atoms with Crippen LogP contribution in [0, 0.1) is 0 Å². The van der Waals surface area contributed by atoms with E-state index in [9.17, 15) is 4.79 Å². The molecule has 0 aliphatic rings. The monoisotopic (exact) mass is 285 g/mol. The number of nitrogens with zero attached hydrogens (tertiary/aromatic N) is 1. The van der Waals surface area contributed by atoms with Crippen LogP contribution in [0.1, 0.15) is 36.0 Å². The molecule has 0 radical (unpaired) electrons. The highest BCUT2D eigenvalue weighted by Gasteiger charge is 2.10. The molecule has 0 amide bonds. The minimum Gasteiger partial charge on any atom is -0.461 e. The normalized spacial score (nSPS) is 12.0. The van der Waals surface area contributed by atoms with E-state index < -0.39 is 5.97 Å². The van der Waals surface area contributed by atoms with Crippen molar-refractivity contribution in [2.24, 2.45) is 0 Å². The second-order valence-electron chi connectivity index (χ2n) is 4.63. The van der Waals surface area contributed by atoms with E-state index in [2.05, 4.69) is 4.98 Å². The third-order valence-corrected chi connectivity index (χ3v) is 3.26. The van der Waals surface area contributed by atoms with Crippen LogP contribution < -0.4 is 0 Å². The van der Waals surface area contributed by atoms with Gasteiger partial charge in [-0.25, -0.2) is 9.78 Å². The lowest BCUT2D eigenvalue weighted by molar-refractivity contribution is 0.0519. The van der Waals surface area contributed by atoms with E-state index in [0.717, 1.165) is 16.8 Å². The summed E-state index contributed by atoms with van der Waals surface area (Å²) in [6.07, 6.45) is 0.0536. The van der Waals surface area contributed by atoms with Gasteiger partial charge in [-0.05, 0) is 31.5 Å². The van der Waals surface area contributed by atoms with Gasteiger partial charge in [0.25, 0.3) is 0 Å². The van der Waals surface area contributed by atoms with Gasteiger partial charge < -0.3 is 9.47 Å². The zero-order valence-electron chi connectivity index (χ0n) is 12.5. The van der Waals surface area contributed by atoms with Crippen LogP contribution in [0.3, 0.4) is 0 Å². The van der Waals surface area contributed by atoms with Crippen molar-refractivity contribution in [3.05, 3.63) is 53.7 Å². The zero-order valence-corrected chi connectivity index (χ0v) is 12.5. The quantitative estimate of drug-likeness (QED) is 0.787. The summed E-state index contributed by atoms with van der Waals surface area (Å²) < 4.78 is 10.2. The number of benzene rings is 1. The Morgan fingerprint density at radius 1 is 1.19 bits per heavy atom. The summed E-state index contributed by atoms with van der Waals surface area (Å²) >= 11 is 0. The lowest BCUT2D eigenvalue weighted by Gasteiger charge is -2.10. The lowest BCUT2D eigenvalue weighted by atomic mass is 10.1. The Morgan fingerprint density at radius 2 is 1.90 bits per heavy atom. The second kappa shape index (κ2) is 6.99. The van der Waals surface area contributed by atoms with Gasteiger partial charge in [0.15, 0.2) is 0 Å². The summed E-state index contributed by atoms with van der Waals surface area (Å²) in [5.41, 5.74) is 3.12. The van der Waals surface area contributed by atoms with Crippen molar-refractivity contribution in [1.29, 1.82) is 0 Å². The number of ether oxygens (including phenoxy) is 2. The maximum atomic E-state index is 11.7. The van der Waals surface area contributed by atoms with Crippen molar-refractivity contribution in [2.45, 2.75) is 20.0 Å². The van der Waals surface area contributed by atoms with E-state index >= 15 is 0 Å². The maximum absolute atomic E-state index is 11.7. The number of hydrogen-bond acceptors (Lipinski definition) is 4. The smallest absolute Gasteiger partial charge is 0.356 e. The van der Waals surface area contributed by atoms with E-state index in [1.807, 2.05) is 37.3 Å². The summed E-state index contributed by atoms with van der Waals surface area (Å²) in [5.74, 6) is -0.399. The van der Waals surface area contributed by atoms with Crippen molar-refractivity contribution in [2.75, 3.05) is 13.7 Å². The summed E-state index contributed by atoms with van der Waals surface area (Å²) in [4.78, 5) is 16.1. The van der Waals surface area contributed by atoms with Crippen LogP contribution in [0.5, 0.6) is 0 Å². The Morgan fingerprint density at radius 3 is 2.52 bits per heavy atom. The van der Waals surface area contributed by atoms with Crippen LogP contribution >= 0.6 is 0 Å². The first-order chi connectivity index (χ1) is 10.2. The van der Waals surface area contributed by atoms with E-state index in [1.165, 1.54) is 0 Å². The van der Waals surface area contributed by atoms with E-state index in [-0.39, 0.29) is 6.10 Å². The van der Waals surface area contributed by atoms with Crippen LogP contribution in [0.4, 0.5) is 0 Å². The van der Waals surface area contributed by atoms with E-state index in [1.54, 1.807) is 26.2 Å². The molecule has 21 heavy (non-hydrogen) atoms. The molecule has 1 aromatic carbocycles.